The fourth-order valence-electron chi connectivity index (χ4n) is 3.58. The molecule has 7 heteroatoms. The number of hydrogen-bond acceptors (Lipinski definition) is 3. The molecule has 0 atom stereocenters. The fourth-order valence-corrected chi connectivity index (χ4v) is 3.58. The van der Waals surface area contributed by atoms with E-state index in [9.17, 15) is 9.59 Å². The Kier molecular flexibility index (Phi) is 4.66. The quantitative estimate of drug-likeness (QED) is 0.769. The smallest absolute Gasteiger partial charge is 0.253 e. The number of imidazole rings is 1. The van der Waals surface area contributed by atoms with E-state index < -0.39 is 0 Å². The van der Waals surface area contributed by atoms with Crippen molar-refractivity contribution in [3.05, 3.63) is 54.1 Å². The molecule has 4 rings (SSSR count). The van der Waals surface area contributed by atoms with Gasteiger partial charge in [-0.3, -0.25) is 9.59 Å². The molecule has 2 amide bonds. The van der Waals surface area contributed by atoms with Crippen molar-refractivity contribution in [2.75, 3.05) is 26.2 Å². The van der Waals surface area contributed by atoms with Gasteiger partial charge >= 0.3 is 0 Å². The average Bonchev–Trinajstić information content (AvgIpc) is 3.23. The lowest BCUT2D eigenvalue weighted by Crippen LogP contribution is -2.37. The number of aromatic nitrogens is 3. The Morgan fingerprint density at radius 2 is 1.93 bits per heavy atom. The number of nitrogens with zero attached hydrogens (tertiary/aromatic N) is 4. The molecule has 1 aliphatic heterocycles. The lowest BCUT2D eigenvalue weighted by Gasteiger charge is -2.22. The highest BCUT2D eigenvalue weighted by molar-refractivity contribution is 5.97. The summed E-state index contributed by atoms with van der Waals surface area (Å²) >= 11 is 0. The van der Waals surface area contributed by atoms with Gasteiger partial charge in [-0.1, -0.05) is 0 Å². The third-order valence-electron chi connectivity index (χ3n) is 5.13. The van der Waals surface area contributed by atoms with Crippen molar-refractivity contribution in [3.63, 3.8) is 0 Å². The Morgan fingerprint density at radius 1 is 1.11 bits per heavy atom. The third kappa shape index (κ3) is 3.58. The van der Waals surface area contributed by atoms with Crippen molar-refractivity contribution >= 4 is 22.8 Å². The zero-order valence-electron chi connectivity index (χ0n) is 15.4. The maximum Gasteiger partial charge on any atom is 0.253 e. The summed E-state index contributed by atoms with van der Waals surface area (Å²) in [5.41, 5.74) is 3.46. The number of H-pyrrole nitrogens is 1. The molecular weight excluding hydrogens is 342 g/mol. The first kappa shape index (κ1) is 17.3. The van der Waals surface area contributed by atoms with Crippen LogP contribution >= 0.6 is 0 Å². The highest BCUT2D eigenvalue weighted by atomic mass is 16.2. The van der Waals surface area contributed by atoms with E-state index in [1.54, 1.807) is 6.33 Å². The minimum Gasteiger partial charge on any atom is -0.367 e. The summed E-state index contributed by atoms with van der Waals surface area (Å²) in [5, 5.41) is 0. The van der Waals surface area contributed by atoms with Gasteiger partial charge in [0.15, 0.2) is 0 Å². The SMILES string of the molecule is Cn1cnc2cc(C(=O)N3CCCN(C(=O)Cc4cc[nH]c4)CC3)ccc21. The van der Waals surface area contributed by atoms with Crippen LogP contribution in [-0.2, 0) is 18.3 Å². The highest BCUT2D eigenvalue weighted by Crippen LogP contribution is 2.16. The van der Waals surface area contributed by atoms with E-state index in [0.29, 0.717) is 38.2 Å². The molecule has 7 nitrogen and oxygen atoms in total. The number of nitrogens with one attached hydrogen (secondary N) is 1. The minimum atomic E-state index is 0.00230. The number of hydrogen-bond donors (Lipinski definition) is 1. The van der Waals surface area contributed by atoms with Gasteiger partial charge in [-0.15, -0.1) is 0 Å². The summed E-state index contributed by atoms with van der Waals surface area (Å²) in [4.78, 5) is 36.4. The maximum absolute atomic E-state index is 12.9. The third-order valence-corrected chi connectivity index (χ3v) is 5.13. The highest BCUT2D eigenvalue weighted by Gasteiger charge is 2.23. The van der Waals surface area contributed by atoms with Gasteiger partial charge in [-0.05, 0) is 36.2 Å². The van der Waals surface area contributed by atoms with Crippen LogP contribution in [0.1, 0.15) is 22.3 Å². The van der Waals surface area contributed by atoms with Crippen molar-refractivity contribution in [1.82, 2.24) is 24.3 Å². The van der Waals surface area contributed by atoms with Crippen molar-refractivity contribution in [1.29, 1.82) is 0 Å². The molecule has 3 heterocycles. The number of carbonyl (C=O) groups excluding carboxylic acids is 2. The Labute approximate surface area is 157 Å². The molecule has 27 heavy (non-hydrogen) atoms. The minimum absolute atomic E-state index is 0.00230. The van der Waals surface area contributed by atoms with E-state index >= 15 is 0 Å². The van der Waals surface area contributed by atoms with Crippen LogP contribution in [0, 0.1) is 0 Å². The van der Waals surface area contributed by atoms with Crippen LogP contribution in [0.3, 0.4) is 0 Å². The molecule has 3 aromatic rings. The Hall–Kier alpha value is -3.09. The van der Waals surface area contributed by atoms with Crippen molar-refractivity contribution < 1.29 is 9.59 Å². The molecule has 0 radical (unpaired) electrons. The second-order valence-corrected chi connectivity index (χ2v) is 6.98. The van der Waals surface area contributed by atoms with E-state index in [1.807, 2.05) is 58.1 Å². The summed E-state index contributed by atoms with van der Waals surface area (Å²) in [7, 11) is 1.94. The Morgan fingerprint density at radius 3 is 2.74 bits per heavy atom. The van der Waals surface area contributed by atoms with Crippen molar-refractivity contribution in [2.45, 2.75) is 12.8 Å². The normalized spacial score (nSPS) is 15.1. The van der Waals surface area contributed by atoms with Crippen LogP contribution in [0.4, 0.5) is 0 Å². The largest absolute Gasteiger partial charge is 0.367 e. The van der Waals surface area contributed by atoms with Gasteiger partial charge in [0.2, 0.25) is 5.91 Å². The fraction of sp³-hybridized carbons (Fsp3) is 0.350. The summed E-state index contributed by atoms with van der Waals surface area (Å²) in [6, 6.07) is 7.54. The topological polar surface area (TPSA) is 74.2 Å². The van der Waals surface area contributed by atoms with E-state index in [4.69, 9.17) is 0 Å². The predicted octanol–water partition coefficient (Wildman–Crippen LogP) is 1.82. The van der Waals surface area contributed by atoms with Gasteiger partial charge in [0, 0.05) is 51.2 Å². The number of fused-ring (bicyclic) bond motifs is 1. The van der Waals surface area contributed by atoms with Crippen molar-refractivity contribution in [2.24, 2.45) is 7.05 Å². The molecule has 1 saturated heterocycles. The molecule has 140 valence electrons. The summed E-state index contributed by atoms with van der Waals surface area (Å²) in [6.07, 6.45) is 6.60. The van der Waals surface area contributed by atoms with Gasteiger partial charge in [-0.2, -0.15) is 0 Å². The van der Waals surface area contributed by atoms with Gasteiger partial charge in [0.1, 0.15) is 0 Å². The van der Waals surface area contributed by atoms with Crippen LogP contribution in [0.15, 0.2) is 43.0 Å². The van der Waals surface area contributed by atoms with Crippen LogP contribution in [0.5, 0.6) is 0 Å². The lowest BCUT2D eigenvalue weighted by atomic mass is 10.1. The number of aromatic amines is 1. The molecule has 1 aliphatic rings. The summed E-state index contributed by atoms with van der Waals surface area (Å²) in [5.74, 6) is 0.112. The van der Waals surface area contributed by atoms with E-state index in [0.717, 1.165) is 23.0 Å². The van der Waals surface area contributed by atoms with Crippen molar-refractivity contribution in [3.8, 4) is 0 Å². The average molecular weight is 365 g/mol. The molecule has 0 saturated carbocycles. The van der Waals surface area contributed by atoms with Gasteiger partial charge in [0.25, 0.3) is 5.91 Å². The first-order chi connectivity index (χ1) is 13.1. The number of benzene rings is 1. The molecule has 0 spiro atoms. The lowest BCUT2D eigenvalue weighted by molar-refractivity contribution is -0.130. The first-order valence-corrected chi connectivity index (χ1v) is 9.21. The van der Waals surface area contributed by atoms with Gasteiger partial charge < -0.3 is 19.4 Å². The zero-order valence-corrected chi connectivity index (χ0v) is 15.4. The number of aryl methyl sites for hydroxylation is 1. The number of rotatable bonds is 3. The second kappa shape index (κ2) is 7.26. The summed E-state index contributed by atoms with van der Waals surface area (Å²) < 4.78 is 1.93. The van der Waals surface area contributed by atoms with Crippen LogP contribution in [0.25, 0.3) is 11.0 Å². The number of carbonyl (C=O) groups is 2. The molecule has 0 aliphatic carbocycles. The molecule has 0 bridgehead atoms. The van der Waals surface area contributed by atoms with E-state index in [1.165, 1.54) is 0 Å². The second-order valence-electron chi connectivity index (χ2n) is 6.98. The monoisotopic (exact) mass is 365 g/mol. The number of amides is 2. The molecular formula is C20H23N5O2. The Balaban J connectivity index is 1.42. The summed E-state index contributed by atoms with van der Waals surface area (Å²) in [6.45, 7) is 2.47. The van der Waals surface area contributed by atoms with E-state index in [2.05, 4.69) is 9.97 Å². The molecule has 1 aromatic carbocycles. The van der Waals surface area contributed by atoms with Crippen LogP contribution in [-0.4, -0.2) is 62.3 Å². The predicted molar refractivity (Wildman–Crippen MR) is 102 cm³/mol. The van der Waals surface area contributed by atoms with Gasteiger partial charge in [-0.25, -0.2) is 4.98 Å². The molecule has 1 N–H and O–H groups in total. The van der Waals surface area contributed by atoms with E-state index in [-0.39, 0.29) is 11.8 Å². The zero-order chi connectivity index (χ0) is 18.8. The van der Waals surface area contributed by atoms with Crippen LogP contribution < -0.4 is 0 Å². The molecule has 1 fully saturated rings. The van der Waals surface area contributed by atoms with Gasteiger partial charge in [0.05, 0.1) is 23.8 Å². The standard InChI is InChI=1S/C20H23N5O2/c1-23-14-22-17-12-16(3-4-18(17)23)20(27)25-8-2-7-24(9-10-25)19(26)11-15-5-6-21-13-15/h3-6,12-14,21H,2,7-11H2,1H3. The molecule has 0 unspecified atom stereocenters. The van der Waals surface area contributed by atoms with Crippen LogP contribution in [0.2, 0.25) is 0 Å². The first-order valence-electron chi connectivity index (χ1n) is 9.21. The Bertz CT molecular complexity index is 960. The maximum atomic E-state index is 12.9. The molecule has 2 aromatic heterocycles.